The van der Waals surface area contributed by atoms with E-state index in [0.717, 1.165) is 0 Å². The molecule has 1 atom stereocenters. The lowest BCUT2D eigenvalue weighted by Crippen LogP contribution is -2.38. The molecule has 0 aliphatic carbocycles. The lowest BCUT2D eigenvalue weighted by atomic mass is 10.3. The first-order valence-electron chi connectivity index (χ1n) is 4.87. The standard InChI is InChI=1S/C10H13N3O4/c1-6-3-12-7(4-11-6)9(14)13-5-8(17-2)10(15)16/h3-4,8H,5H2,1-2H3,(H,13,14)(H,15,16). The minimum Gasteiger partial charge on any atom is -0.479 e. The van der Waals surface area contributed by atoms with E-state index in [4.69, 9.17) is 5.11 Å². The molecule has 92 valence electrons. The molecule has 0 fully saturated rings. The Morgan fingerprint density at radius 3 is 2.65 bits per heavy atom. The average Bonchev–Trinajstić information content (AvgIpc) is 2.30. The van der Waals surface area contributed by atoms with E-state index in [-0.39, 0.29) is 12.2 Å². The van der Waals surface area contributed by atoms with E-state index in [1.54, 1.807) is 6.92 Å². The van der Waals surface area contributed by atoms with E-state index < -0.39 is 18.0 Å². The van der Waals surface area contributed by atoms with Crippen LogP contribution in [-0.4, -0.2) is 46.7 Å². The zero-order valence-corrected chi connectivity index (χ0v) is 9.51. The van der Waals surface area contributed by atoms with E-state index >= 15 is 0 Å². The van der Waals surface area contributed by atoms with Crippen molar-refractivity contribution in [1.82, 2.24) is 15.3 Å². The molecule has 2 N–H and O–H groups in total. The minimum atomic E-state index is -1.14. The number of ether oxygens (including phenoxy) is 1. The lowest BCUT2D eigenvalue weighted by Gasteiger charge is -2.10. The van der Waals surface area contributed by atoms with Gasteiger partial charge in [-0.1, -0.05) is 0 Å². The number of carboxylic acid groups (broad SMARTS) is 1. The summed E-state index contributed by atoms with van der Waals surface area (Å²) in [5, 5.41) is 11.1. The molecule has 0 radical (unpaired) electrons. The number of hydrogen-bond acceptors (Lipinski definition) is 5. The molecule has 0 aliphatic rings. The maximum atomic E-state index is 11.5. The van der Waals surface area contributed by atoms with Crippen molar-refractivity contribution in [3.63, 3.8) is 0 Å². The summed E-state index contributed by atoms with van der Waals surface area (Å²) in [5.41, 5.74) is 0.831. The first-order valence-corrected chi connectivity index (χ1v) is 4.87. The van der Waals surface area contributed by atoms with Gasteiger partial charge in [0.2, 0.25) is 0 Å². The van der Waals surface area contributed by atoms with E-state index in [0.29, 0.717) is 5.69 Å². The molecule has 1 amide bonds. The Bertz CT molecular complexity index is 405. The van der Waals surface area contributed by atoms with Crippen molar-refractivity contribution in [3.05, 3.63) is 23.8 Å². The Kier molecular flexibility index (Phi) is 4.53. The minimum absolute atomic E-state index is 0.125. The van der Waals surface area contributed by atoms with Crippen molar-refractivity contribution < 1.29 is 19.4 Å². The van der Waals surface area contributed by atoms with Gasteiger partial charge in [-0.15, -0.1) is 0 Å². The van der Waals surface area contributed by atoms with Crippen LogP contribution in [0.3, 0.4) is 0 Å². The number of methoxy groups -OCH3 is 1. The third-order valence-electron chi connectivity index (χ3n) is 2.02. The van der Waals surface area contributed by atoms with Gasteiger partial charge in [-0.05, 0) is 6.92 Å². The molecule has 7 nitrogen and oxygen atoms in total. The molecular weight excluding hydrogens is 226 g/mol. The molecule has 1 aromatic heterocycles. The third-order valence-corrected chi connectivity index (χ3v) is 2.02. The zero-order valence-electron chi connectivity index (χ0n) is 9.51. The van der Waals surface area contributed by atoms with Gasteiger partial charge in [-0.3, -0.25) is 9.78 Å². The van der Waals surface area contributed by atoms with Crippen LogP contribution in [0.5, 0.6) is 0 Å². The van der Waals surface area contributed by atoms with Crippen LogP contribution in [0.2, 0.25) is 0 Å². The number of amides is 1. The second kappa shape index (κ2) is 5.90. The van der Waals surface area contributed by atoms with Crippen molar-refractivity contribution in [1.29, 1.82) is 0 Å². The Morgan fingerprint density at radius 1 is 1.47 bits per heavy atom. The Morgan fingerprint density at radius 2 is 2.18 bits per heavy atom. The van der Waals surface area contributed by atoms with Gasteiger partial charge in [0.25, 0.3) is 5.91 Å². The van der Waals surface area contributed by atoms with Crippen molar-refractivity contribution in [2.24, 2.45) is 0 Å². The summed E-state index contributed by atoms with van der Waals surface area (Å²) in [6.45, 7) is 1.63. The molecule has 1 heterocycles. The van der Waals surface area contributed by atoms with E-state index in [1.807, 2.05) is 0 Å². The van der Waals surface area contributed by atoms with Crippen LogP contribution in [0.25, 0.3) is 0 Å². The van der Waals surface area contributed by atoms with Gasteiger partial charge in [0, 0.05) is 13.3 Å². The van der Waals surface area contributed by atoms with Crippen LogP contribution in [-0.2, 0) is 9.53 Å². The fourth-order valence-corrected chi connectivity index (χ4v) is 1.06. The number of carbonyl (C=O) groups excluding carboxylic acids is 1. The van der Waals surface area contributed by atoms with Crippen molar-refractivity contribution in [3.8, 4) is 0 Å². The molecule has 1 rings (SSSR count). The summed E-state index contributed by atoms with van der Waals surface area (Å²) in [6.07, 6.45) is 1.71. The van der Waals surface area contributed by atoms with E-state index in [9.17, 15) is 9.59 Å². The molecule has 0 saturated heterocycles. The predicted molar refractivity (Wildman–Crippen MR) is 57.5 cm³/mol. The van der Waals surface area contributed by atoms with Crippen LogP contribution in [0.4, 0.5) is 0 Å². The van der Waals surface area contributed by atoms with Crippen molar-refractivity contribution in [2.75, 3.05) is 13.7 Å². The molecule has 0 aromatic carbocycles. The summed E-state index contributed by atoms with van der Waals surface area (Å²) < 4.78 is 4.67. The monoisotopic (exact) mass is 239 g/mol. The van der Waals surface area contributed by atoms with Crippen molar-refractivity contribution in [2.45, 2.75) is 13.0 Å². The summed E-state index contributed by atoms with van der Waals surface area (Å²) in [7, 11) is 1.26. The Labute approximate surface area is 97.8 Å². The number of aliphatic carboxylic acids is 1. The first kappa shape index (κ1) is 13.0. The van der Waals surface area contributed by atoms with Gasteiger partial charge in [0.15, 0.2) is 6.10 Å². The third kappa shape index (κ3) is 3.80. The first-order chi connectivity index (χ1) is 8.04. The molecule has 17 heavy (non-hydrogen) atoms. The molecule has 0 bridgehead atoms. The highest BCUT2D eigenvalue weighted by Crippen LogP contribution is 1.95. The van der Waals surface area contributed by atoms with Crippen LogP contribution in [0.1, 0.15) is 16.2 Å². The molecule has 0 spiro atoms. The molecule has 0 saturated carbocycles. The molecule has 0 aliphatic heterocycles. The van der Waals surface area contributed by atoms with Crippen molar-refractivity contribution >= 4 is 11.9 Å². The topological polar surface area (TPSA) is 101 Å². The Hall–Kier alpha value is -2.02. The highest BCUT2D eigenvalue weighted by Gasteiger charge is 2.18. The number of hydrogen-bond donors (Lipinski definition) is 2. The second-order valence-corrected chi connectivity index (χ2v) is 3.32. The predicted octanol–water partition coefficient (Wildman–Crippen LogP) is -0.386. The van der Waals surface area contributed by atoms with Crippen LogP contribution in [0, 0.1) is 6.92 Å². The summed E-state index contributed by atoms with van der Waals surface area (Å²) in [5.74, 6) is -1.62. The van der Waals surface area contributed by atoms with E-state index in [1.165, 1.54) is 19.5 Å². The smallest absolute Gasteiger partial charge is 0.334 e. The molecule has 7 heteroatoms. The number of aryl methyl sites for hydroxylation is 1. The summed E-state index contributed by atoms with van der Waals surface area (Å²) in [6, 6.07) is 0. The van der Waals surface area contributed by atoms with Gasteiger partial charge in [-0.2, -0.15) is 0 Å². The molecule has 1 aromatic rings. The number of rotatable bonds is 5. The van der Waals surface area contributed by atoms with Crippen LogP contribution in [0.15, 0.2) is 12.4 Å². The number of nitrogens with zero attached hydrogens (tertiary/aromatic N) is 2. The number of nitrogens with one attached hydrogen (secondary N) is 1. The zero-order chi connectivity index (χ0) is 12.8. The molecular formula is C10H13N3O4. The lowest BCUT2D eigenvalue weighted by molar-refractivity contribution is -0.148. The van der Waals surface area contributed by atoms with Crippen LogP contribution < -0.4 is 5.32 Å². The van der Waals surface area contributed by atoms with E-state index in [2.05, 4.69) is 20.0 Å². The maximum absolute atomic E-state index is 11.5. The van der Waals surface area contributed by atoms with Gasteiger partial charge >= 0.3 is 5.97 Å². The normalized spacial score (nSPS) is 11.9. The fourth-order valence-electron chi connectivity index (χ4n) is 1.06. The second-order valence-electron chi connectivity index (χ2n) is 3.32. The number of carbonyl (C=O) groups is 2. The number of aromatic nitrogens is 2. The SMILES string of the molecule is COC(CNC(=O)c1cnc(C)cn1)C(=O)O. The Balaban J connectivity index is 2.55. The molecule has 1 unspecified atom stereocenters. The van der Waals surface area contributed by atoms with Gasteiger partial charge in [0.05, 0.1) is 18.4 Å². The maximum Gasteiger partial charge on any atom is 0.334 e. The highest BCUT2D eigenvalue weighted by atomic mass is 16.5. The van der Waals surface area contributed by atoms with Gasteiger partial charge in [-0.25, -0.2) is 9.78 Å². The van der Waals surface area contributed by atoms with Gasteiger partial charge in [0.1, 0.15) is 5.69 Å². The quantitative estimate of drug-likeness (QED) is 0.726. The highest BCUT2D eigenvalue weighted by molar-refractivity contribution is 5.92. The number of carboxylic acids is 1. The van der Waals surface area contributed by atoms with Gasteiger partial charge < -0.3 is 15.2 Å². The fraction of sp³-hybridized carbons (Fsp3) is 0.400. The summed E-state index contributed by atoms with van der Waals surface area (Å²) >= 11 is 0. The largest absolute Gasteiger partial charge is 0.479 e. The average molecular weight is 239 g/mol. The van der Waals surface area contributed by atoms with Crippen LogP contribution >= 0.6 is 0 Å². The summed E-state index contributed by atoms with van der Waals surface area (Å²) in [4.78, 5) is 29.9.